The molecular formula is C8H11ClN2O. The molecule has 0 saturated carbocycles. The Balaban J connectivity index is 2.73. The van der Waals surface area contributed by atoms with Crippen LogP contribution < -0.4 is 11.3 Å². The normalized spacial score (nSPS) is 12.9. The first-order chi connectivity index (χ1) is 5.74. The number of rotatable bonds is 3. The topological polar surface area (TPSA) is 58.3 Å². The zero-order valence-corrected chi connectivity index (χ0v) is 7.25. The molecule has 0 bridgehead atoms. The van der Waals surface area contributed by atoms with Crippen molar-refractivity contribution in [2.75, 3.05) is 6.54 Å². The molecule has 1 aromatic rings. The van der Waals surface area contributed by atoms with E-state index in [2.05, 4.69) is 5.43 Å². The van der Waals surface area contributed by atoms with Gasteiger partial charge in [-0.05, 0) is 17.7 Å². The van der Waals surface area contributed by atoms with E-state index in [-0.39, 0.29) is 0 Å². The second-order valence-electron chi connectivity index (χ2n) is 2.48. The first-order valence-electron chi connectivity index (χ1n) is 3.61. The van der Waals surface area contributed by atoms with Gasteiger partial charge in [-0.3, -0.25) is 11.3 Å². The molecule has 0 aliphatic heterocycles. The molecule has 0 aliphatic carbocycles. The lowest BCUT2D eigenvalue weighted by atomic mass is 10.1. The molecule has 0 aromatic heterocycles. The maximum absolute atomic E-state index is 9.44. The van der Waals surface area contributed by atoms with Crippen molar-refractivity contribution in [1.82, 2.24) is 5.43 Å². The molecule has 1 rings (SSSR count). The van der Waals surface area contributed by atoms with Gasteiger partial charge in [0.15, 0.2) is 0 Å². The Hall–Kier alpha value is -0.610. The number of benzene rings is 1. The number of nitrogens with one attached hydrogen (secondary N) is 1. The third-order valence-corrected chi connectivity index (χ3v) is 1.78. The zero-order valence-electron chi connectivity index (χ0n) is 6.50. The van der Waals surface area contributed by atoms with Crippen molar-refractivity contribution < 1.29 is 5.11 Å². The predicted octanol–water partition coefficient (Wildman–Crippen LogP) is 0.837. The van der Waals surface area contributed by atoms with Crippen molar-refractivity contribution in [2.45, 2.75) is 6.10 Å². The highest BCUT2D eigenvalue weighted by Crippen LogP contribution is 2.16. The summed E-state index contributed by atoms with van der Waals surface area (Å²) in [5.74, 6) is 5.06. The average molecular weight is 187 g/mol. The summed E-state index contributed by atoms with van der Waals surface area (Å²) in [5.41, 5.74) is 3.16. The van der Waals surface area contributed by atoms with E-state index in [0.717, 1.165) is 5.56 Å². The first-order valence-corrected chi connectivity index (χ1v) is 3.99. The maximum atomic E-state index is 9.44. The minimum absolute atomic E-state index is 0.320. The summed E-state index contributed by atoms with van der Waals surface area (Å²) >= 11 is 5.73. The van der Waals surface area contributed by atoms with E-state index < -0.39 is 6.10 Å². The summed E-state index contributed by atoms with van der Waals surface area (Å²) in [7, 11) is 0. The second kappa shape index (κ2) is 4.42. The van der Waals surface area contributed by atoms with Crippen LogP contribution in [0.15, 0.2) is 24.3 Å². The van der Waals surface area contributed by atoms with Gasteiger partial charge in [-0.1, -0.05) is 23.7 Å². The van der Waals surface area contributed by atoms with Gasteiger partial charge in [0.1, 0.15) is 0 Å². The molecule has 0 saturated heterocycles. The van der Waals surface area contributed by atoms with Crippen LogP contribution in [0.3, 0.4) is 0 Å². The first kappa shape index (κ1) is 9.48. The van der Waals surface area contributed by atoms with Crippen molar-refractivity contribution >= 4 is 11.6 Å². The van der Waals surface area contributed by atoms with Gasteiger partial charge in [0.25, 0.3) is 0 Å². The molecule has 3 nitrogen and oxygen atoms in total. The summed E-state index contributed by atoms with van der Waals surface area (Å²) < 4.78 is 0. The van der Waals surface area contributed by atoms with Crippen molar-refractivity contribution in [2.24, 2.45) is 5.84 Å². The van der Waals surface area contributed by atoms with E-state index in [1.165, 1.54) is 0 Å². The number of aliphatic hydroxyl groups is 1. The Labute approximate surface area is 76.1 Å². The number of hydrogen-bond acceptors (Lipinski definition) is 3. The summed E-state index contributed by atoms with van der Waals surface area (Å²) in [6.45, 7) is 0.320. The van der Waals surface area contributed by atoms with Crippen LogP contribution in [0.1, 0.15) is 11.7 Å². The molecule has 1 aromatic carbocycles. The van der Waals surface area contributed by atoms with Crippen LogP contribution in [0, 0.1) is 0 Å². The van der Waals surface area contributed by atoms with Crippen molar-refractivity contribution in [3.05, 3.63) is 34.9 Å². The second-order valence-corrected chi connectivity index (χ2v) is 2.92. The van der Waals surface area contributed by atoms with Gasteiger partial charge in [-0.15, -0.1) is 0 Å². The average Bonchev–Trinajstić information content (AvgIpc) is 2.05. The molecule has 0 amide bonds. The van der Waals surface area contributed by atoms with Gasteiger partial charge < -0.3 is 5.11 Å². The van der Waals surface area contributed by atoms with Gasteiger partial charge >= 0.3 is 0 Å². The molecule has 1 atom stereocenters. The van der Waals surface area contributed by atoms with Gasteiger partial charge in [0.05, 0.1) is 6.10 Å². The highest BCUT2D eigenvalue weighted by atomic mass is 35.5. The monoisotopic (exact) mass is 186 g/mol. The Bertz CT molecular complexity index is 255. The molecular weight excluding hydrogens is 176 g/mol. The fourth-order valence-electron chi connectivity index (χ4n) is 0.943. The van der Waals surface area contributed by atoms with Crippen LogP contribution in [-0.2, 0) is 0 Å². The van der Waals surface area contributed by atoms with E-state index in [0.29, 0.717) is 11.6 Å². The summed E-state index contributed by atoms with van der Waals surface area (Å²) in [5, 5.41) is 10.1. The van der Waals surface area contributed by atoms with Gasteiger partial charge in [-0.25, -0.2) is 0 Å². The number of aliphatic hydroxyl groups excluding tert-OH is 1. The van der Waals surface area contributed by atoms with E-state index in [1.807, 2.05) is 0 Å². The standard InChI is InChI=1S/C8H11ClN2O/c9-7-3-1-2-6(4-7)8(12)5-11-10/h1-4,8,11-12H,5,10H2. The number of hydrogen-bond donors (Lipinski definition) is 3. The Morgan fingerprint density at radius 1 is 1.58 bits per heavy atom. The highest BCUT2D eigenvalue weighted by Gasteiger charge is 2.05. The van der Waals surface area contributed by atoms with Crippen molar-refractivity contribution in [3.8, 4) is 0 Å². The molecule has 12 heavy (non-hydrogen) atoms. The van der Waals surface area contributed by atoms with Crippen molar-refractivity contribution in [3.63, 3.8) is 0 Å². The lowest BCUT2D eigenvalue weighted by molar-refractivity contribution is 0.175. The summed E-state index contributed by atoms with van der Waals surface area (Å²) in [4.78, 5) is 0. The Kier molecular flexibility index (Phi) is 3.49. The molecule has 0 heterocycles. The Morgan fingerprint density at radius 2 is 2.33 bits per heavy atom. The zero-order chi connectivity index (χ0) is 8.97. The molecule has 0 radical (unpaired) electrons. The smallest absolute Gasteiger partial charge is 0.0928 e. The van der Waals surface area contributed by atoms with E-state index >= 15 is 0 Å². The van der Waals surface area contributed by atoms with Gasteiger partial charge in [-0.2, -0.15) is 0 Å². The van der Waals surface area contributed by atoms with Gasteiger partial charge in [0, 0.05) is 11.6 Å². The lowest BCUT2D eigenvalue weighted by Crippen LogP contribution is -2.27. The summed E-state index contributed by atoms with van der Waals surface area (Å²) in [6.07, 6.45) is -0.603. The maximum Gasteiger partial charge on any atom is 0.0928 e. The third-order valence-electron chi connectivity index (χ3n) is 1.54. The van der Waals surface area contributed by atoms with Crippen LogP contribution in [0.5, 0.6) is 0 Å². The number of hydrazine groups is 1. The van der Waals surface area contributed by atoms with Crippen LogP contribution >= 0.6 is 11.6 Å². The quantitative estimate of drug-likeness (QED) is 0.484. The molecule has 66 valence electrons. The molecule has 0 spiro atoms. The predicted molar refractivity (Wildman–Crippen MR) is 48.6 cm³/mol. The van der Waals surface area contributed by atoms with Crippen LogP contribution in [0.4, 0.5) is 0 Å². The molecule has 0 aliphatic rings. The molecule has 1 unspecified atom stereocenters. The van der Waals surface area contributed by atoms with Crippen LogP contribution in [-0.4, -0.2) is 11.7 Å². The highest BCUT2D eigenvalue weighted by molar-refractivity contribution is 6.30. The number of halogens is 1. The van der Waals surface area contributed by atoms with Crippen molar-refractivity contribution in [1.29, 1.82) is 0 Å². The SMILES string of the molecule is NNCC(O)c1cccc(Cl)c1. The van der Waals surface area contributed by atoms with Crippen LogP contribution in [0.2, 0.25) is 5.02 Å². The van der Waals surface area contributed by atoms with Crippen LogP contribution in [0.25, 0.3) is 0 Å². The Morgan fingerprint density at radius 3 is 2.92 bits per heavy atom. The van der Waals surface area contributed by atoms with Gasteiger partial charge in [0.2, 0.25) is 0 Å². The van der Waals surface area contributed by atoms with E-state index in [1.54, 1.807) is 24.3 Å². The fraction of sp³-hybridized carbons (Fsp3) is 0.250. The van der Waals surface area contributed by atoms with E-state index in [4.69, 9.17) is 17.4 Å². The molecule has 4 N–H and O–H groups in total. The minimum atomic E-state index is -0.603. The molecule has 4 heteroatoms. The minimum Gasteiger partial charge on any atom is -0.387 e. The number of nitrogens with two attached hydrogens (primary N) is 1. The third kappa shape index (κ3) is 2.46. The van der Waals surface area contributed by atoms with E-state index in [9.17, 15) is 5.11 Å². The lowest BCUT2D eigenvalue weighted by Gasteiger charge is -2.09. The fourth-order valence-corrected chi connectivity index (χ4v) is 1.14. The largest absolute Gasteiger partial charge is 0.387 e. The molecule has 0 fully saturated rings. The summed E-state index contributed by atoms with van der Waals surface area (Å²) in [6, 6.07) is 7.06.